The molecule has 0 radical (unpaired) electrons. The van der Waals surface area contributed by atoms with Gasteiger partial charge in [0.25, 0.3) is 0 Å². The molecule has 2 saturated heterocycles. The number of hydrogen-bond donors (Lipinski definition) is 2. The van der Waals surface area contributed by atoms with Gasteiger partial charge in [-0.3, -0.25) is 0 Å². The van der Waals surface area contributed by atoms with Crippen LogP contribution in [0.15, 0.2) is 97.1 Å². The molecule has 4 saturated carbocycles. The first-order chi connectivity index (χ1) is 23.6. The second-order valence-corrected chi connectivity index (χ2v) is 17.3. The van der Waals surface area contributed by atoms with Crippen LogP contribution in [0.5, 0.6) is 0 Å². The fraction of sp³-hybridized carbons (Fsp3) is 0.500. The fourth-order valence-electron chi connectivity index (χ4n) is 11.5. The number of piperidine rings is 2. The summed E-state index contributed by atoms with van der Waals surface area (Å²) in [5.41, 5.74) is 9.42. The average Bonchev–Trinajstić information content (AvgIpc) is 3.87. The van der Waals surface area contributed by atoms with E-state index in [1.807, 2.05) is 30.3 Å². The van der Waals surface area contributed by atoms with Gasteiger partial charge in [0.05, 0.1) is 0 Å². The second-order valence-electron chi connectivity index (χ2n) is 15.9. The maximum Gasteiger partial charge on any atom is 0.0231 e. The van der Waals surface area contributed by atoms with E-state index in [2.05, 4.69) is 95.8 Å². The molecule has 5 heteroatoms. The van der Waals surface area contributed by atoms with E-state index >= 15 is 0 Å². The molecule has 6 fully saturated rings. The van der Waals surface area contributed by atoms with Crippen LogP contribution in [0.25, 0.3) is 22.3 Å². The topological polar surface area (TPSA) is 24.1 Å². The molecule has 0 aromatic heterocycles. The van der Waals surface area contributed by atoms with Gasteiger partial charge in [-0.15, -0.1) is 40.7 Å². The summed E-state index contributed by atoms with van der Waals surface area (Å²) in [5.74, 6) is 3.50. The monoisotopic (exact) mass is 730 g/mol. The molecule has 4 aromatic carbocycles. The van der Waals surface area contributed by atoms with Gasteiger partial charge < -0.3 is 41.0 Å². The van der Waals surface area contributed by atoms with Gasteiger partial charge in [0.2, 0.25) is 0 Å². The Morgan fingerprint density at radius 3 is 1.63 bits per heavy atom. The predicted molar refractivity (Wildman–Crippen MR) is 211 cm³/mol. The normalized spacial score (nSPS) is 31.6. The predicted octanol–water partition coefficient (Wildman–Crippen LogP) is 10.1. The minimum atomic E-state index is -0.0474. The van der Waals surface area contributed by atoms with E-state index < -0.39 is 0 Å². The molecule has 49 heavy (non-hydrogen) atoms. The van der Waals surface area contributed by atoms with Crippen molar-refractivity contribution in [2.24, 2.45) is 23.7 Å². The Morgan fingerprint density at radius 2 is 1.18 bits per heavy atom. The number of rotatable bonds is 7. The largest absolute Gasteiger partial charge is 0.748 e. The molecule has 4 unspecified atom stereocenters. The average molecular weight is 731 g/mol. The quantitative estimate of drug-likeness (QED) is 0.112. The minimum Gasteiger partial charge on any atom is -0.748 e. The van der Waals surface area contributed by atoms with Crippen LogP contribution in [0.1, 0.15) is 81.8 Å². The van der Waals surface area contributed by atoms with E-state index in [0.29, 0.717) is 12.1 Å². The molecule has 2 heterocycles. The standard InChI is InChI=1S/C39H51N2P2.C5H5.Fe/c42-25-38(30-20-26-19-27(22-30)23-31(38)21-26)37-33(39(43,34-15-7-9-17-40-34)35-16-8-10-18-41-35)24-32(28-11-3-1-4-12-28)36(37)29-13-5-2-6-14-29;1-2-4-5-3-1;/h1-6,11-14,24,26-27,30-31,34-35,40-41H,7-10,15-23,25,42-43H2;1-5H;/q-1;-5;. The van der Waals surface area contributed by atoms with Crippen molar-refractivity contribution in [3.8, 4) is 22.3 Å². The van der Waals surface area contributed by atoms with Crippen molar-refractivity contribution in [2.75, 3.05) is 19.3 Å². The summed E-state index contributed by atoms with van der Waals surface area (Å²) in [6, 6.07) is 36.6. The van der Waals surface area contributed by atoms with Crippen LogP contribution in [0, 0.1) is 23.7 Å². The van der Waals surface area contributed by atoms with Crippen molar-refractivity contribution < 1.29 is 17.1 Å². The van der Waals surface area contributed by atoms with Gasteiger partial charge in [0, 0.05) is 34.3 Å². The summed E-state index contributed by atoms with van der Waals surface area (Å²) in [7, 11) is 6.95. The Hall–Kier alpha value is -1.56. The molecule has 6 aliphatic rings. The Kier molecular flexibility index (Phi) is 11.4. The van der Waals surface area contributed by atoms with Crippen molar-refractivity contribution in [2.45, 2.75) is 93.3 Å². The molecule has 10 rings (SSSR count). The molecular formula is C44H56FeN2P2-6. The first-order valence-electron chi connectivity index (χ1n) is 19.2. The molecule has 4 atom stereocenters. The fourth-order valence-corrected chi connectivity index (χ4v) is 13.1. The zero-order valence-corrected chi connectivity index (χ0v) is 32.5. The first kappa shape index (κ1) is 35.8. The summed E-state index contributed by atoms with van der Waals surface area (Å²) >= 11 is 0. The van der Waals surface area contributed by atoms with Crippen molar-refractivity contribution in [3.63, 3.8) is 0 Å². The summed E-state index contributed by atoms with van der Waals surface area (Å²) in [6.07, 6.45) is 16.2. The van der Waals surface area contributed by atoms with Gasteiger partial charge in [0.1, 0.15) is 0 Å². The Labute approximate surface area is 311 Å². The molecule has 2 N–H and O–H groups in total. The summed E-state index contributed by atoms with van der Waals surface area (Å²) in [4.78, 5) is 0. The molecule has 0 spiro atoms. The maximum atomic E-state index is 4.12. The molecule has 4 aliphatic carbocycles. The number of hydrogen-bond acceptors (Lipinski definition) is 2. The van der Waals surface area contributed by atoms with Crippen LogP contribution in [-0.2, 0) is 27.6 Å². The maximum absolute atomic E-state index is 4.12. The van der Waals surface area contributed by atoms with Crippen molar-refractivity contribution in [1.29, 1.82) is 0 Å². The number of nitrogens with one attached hydrogen (secondary N) is 2. The molecule has 4 aromatic rings. The van der Waals surface area contributed by atoms with E-state index in [1.165, 1.54) is 93.5 Å². The third-order valence-electron chi connectivity index (χ3n) is 13.4. The van der Waals surface area contributed by atoms with Crippen LogP contribution < -0.4 is 10.6 Å². The molecule has 4 bridgehead atoms. The molecule has 2 aliphatic heterocycles. The van der Waals surface area contributed by atoms with Gasteiger partial charge in [-0.2, -0.15) is 6.07 Å². The zero-order chi connectivity index (χ0) is 32.6. The van der Waals surface area contributed by atoms with Crippen LogP contribution in [0.3, 0.4) is 0 Å². The second kappa shape index (κ2) is 15.6. The van der Waals surface area contributed by atoms with Crippen LogP contribution in [0.4, 0.5) is 0 Å². The minimum absolute atomic E-state index is 0. The third kappa shape index (κ3) is 6.54. The first-order valence-corrected chi connectivity index (χ1v) is 20.6. The third-order valence-corrected chi connectivity index (χ3v) is 15.2. The van der Waals surface area contributed by atoms with Crippen molar-refractivity contribution in [3.05, 3.63) is 108 Å². The van der Waals surface area contributed by atoms with E-state index in [-0.39, 0.29) is 27.6 Å². The van der Waals surface area contributed by atoms with E-state index in [9.17, 15) is 0 Å². The molecule has 0 amide bonds. The Balaban J connectivity index is 0.000000581. The van der Waals surface area contributed by atoms with E-state index in [0.717, 1.165) is 36.8 Å². The van der Waals surface area contributed by atoms with Crippen molar-refractivity contribution >= 4 is 18.5 Å². The van der Waals surface area contributed by atoms with E-state index in [4.69, 9.17) is 0 Å². The SMILES string of the molecule is PCC1([c-]2c(C(P)(C3CCCCN3)C3CCCCN3)cc(-c3ccccc3)c2-c2ccccc2)C2CC3CC(C2)CC1C3.[Fe].[cH-]1[cH-][cH-][cH-][cH-]1. The van der Waals surface area contributed by atoms with Gasteiger partial charge in [-0.05, 0) is 106 Å². The molecule has 2 nitrogen and oxygen atoms in total. The van der Waals surface area contributed by atoms with Crippen LogP contribution in [-0.4, -0.2) is 31.3 Å². The summed E-state index contributed by atoms with van der Waals surface area (Å²) in [6.45, 7) is 2.29. The number of benzene rings is 2. The Bertz CT molecular complexity index is 1540. The van der Waals surface area contributed by atoms with Crippen molar-refractivity contribution in [1.82, 2.24) is 10.6 Å². The zero-order valence-electron chi connectivity index (χ0n) is 29.1. The van der Waals surface area contributed by atoms with E-state index in [1.54, 1.807) is 16.7 Å². The Morgan fingerprint density at radius 1 is 0.694 bits per heavy atom. The van der Waals surface area contributed by atoms with Gasteiger partial charge in [0.15, 0.2) is 0 Å². The van der Waals surface area contributed by atoms with Gasteiger partial charge in [-0.25, -0.2) is 0 Å². The van der Waals surface area contributed by atoms with Gasteiger partial charge in [-0.1, -0.05) is 84.6 Å². The summed E-state index contributed by atoms with van der Waals surface area (Å²) < 4.78 is 0. The smallest absolute Gasteiger partial charge is 0.0231 e. The van der Waals surface area contributed by atoms with Crippen LogP contribution >= 0.6 is 18.5 Å². The van der Waals surface area contributed by atoms with Crippen LogP contribution in [0.2, 0.25) is 0 Å². The summed E-state index contributed by atoms with van der Waals surface area (Å²) in [5, 5.41) is 8.20. The molecular weight excluding hydrogens is 674 g/mol. The molecule has 266 valence electrons. The van der Waals surface area contributed by atoms with Gasteiger partial charge >= 0.3 is 0 Å².